The molecule has 0 saturated heterocycles. The highest BCUT2D eigenvalue weighted by Gasteiger charge is 2.37. The molecule has 0 N–H and O–H groups in total. The topological polar surface area (TPSA) is 34.1 Å². The maximum absolute atomic E-state index is 14.1. The van der Waals surface area contributed by atoms with Gasteiger partial charge in [0.15, 0.2) is 0 Å². The van der Waals surface area contributed by atoms with Crippen molar-refractivity contribution in [1.82, 2.24) is 0 Å². The van der Waals surface area contributed by atoms with E-state index in [2.05, 4.69) is 6.58 Å². The molecule has 0 aliphatic rings. The minimum Gasteiger partial charge on any atom is -0.305 e. The van der Waals surface area contributed by atoms with Gasteiger partial charge in [-0.15, -0.1) is 0 Å². The summed E-state index contributed by atoms with van der Waals surface area (Å²) in [7, 11) is -3.54. The number of hydrogen-bond donors (Lipinski definition) is 0. The Kier molecular flexibility index (Phi) is 6.34. The molecule has 0 spiro atoms. The largest absolute Gasteiger partial charge is 0.305 e. The van der Waals surface area contributed by atoms with Crippen LogP contribution in [0.1, 0.15) is 34.0 Å². The van der Waals surface area contributed by atoms with Gasteiger partial charge in [-0.25, -0.2) is 0 Å². The zero-order valence-electron chi connectivity index (χ0n) is 15.8. The number of carbonyl (C=O) groups is 1. The van der Waals surface area contributed by atoms with E-state index < -0.39 is 7.14 Å². The Morgan fingerprint density at radius 1 is 1.00 bits per heavy atom. The Labute approximate surface area is 156 Å². The lowest BCUT2D eigenvalue weighted by molar-refractivity contribution is 0.107. The number of carbonyl (C=O) groups excluding carboxylic acids is 1. The van der Waals surface area contributed by atoms with Gasteiger partial charge >= 0.3 is 0 Å². The van der Waals surface area contributed by atoms with Crippen LogP contribution < -0.4 is 5.30 Å². The first-order chi connectivity index (χ1) is 12.3. The van der Waals surface area contributed by atoms with Gasteiger partial charge in [0.1, 0.15) is 0 Å². The Bertz CT molecular complexity index is 911. The first kappa shape index (κ1) is 19.9. The number of benzene rings is 2. The van der Waals surface area contributed by atoms with Crippen molar-refractivity contribution in [3.8, 4) is 0 Å². The summed E-state index contributed by atoms with van der Waals surface area (Å²) in [6, 6.07) is 12.8. The molecule has 0 bridgehead atoms. The van der Waals surface area contributed by atoms with Crippen LogP contribution in [0.4, 0.5) is 0 Å². The molecule has 0 amide bonds. The van der Waals surface area contributed by atoms with E-state index in [9.17, 15) is 9.36 Å². The molecule has 0 aromatic heterocycles. The summed E-state index contributed by atoms with van der Waals surface area (Å²) in [5.74, 6) is 0. The van der Waals surface area contributed by atoms with Crippen molar-refractivity contribution in [2.24, 2.45) is 0 Å². The monoisotopic (exact) mass is 364 g/mol. The molecule has 0 saturated carbocycles. The van der Waals surface area contributed by atoms with Gasteiger partial charge in [0, 0.05) is 16.2 Å². The summed E-state index contributed by atoms with van der Waals surface area (Å²) in [4.78, 5) is 13.5. The zero-order chi connectivity index (χ0) is 19.3. The van der Waals surface area contributed by atoms with Gasteiger partial charge in [-0.1, -0.05) is 78.9 Å². The van der Waals surface area contributed by atoms with Crippen LogP contribution in [-0.2, 0) is 4.57 Å². The molecular formula is C23H25O2P. The van der Waals surface area contributed by atoms with Gasteiger partial charge in [-0.2, -0.15) is 0 Å². The molecule has 0 heterocycles. The summed E-state index contributed by atoms with van der Waals surface area (Å²) in [5, 5.41) is 0.852. The van der Waals surface area contributed by atoms with Crippen molar-refractivity contribution in [2.45, 2.75) is 27.7 Å². The van der Waals surface area contributed by atoms with Gasteiger partial charge < -0.3 is 4.57 Å². The summed E-state index contributed by atoms with van der Waals surface area (Å²) < 4.78 is 14.1. The van der Waals surface area contributed by atoms with E-state index in [1.54, 1.807) is 36.4 Å². The molecule has 0 radical (unpaired) electrons. The Morgan fingerprint density at radius 2 is 1.58 bits per heavy atom. The minimum atomic E-state index is -3.54. The third-order valence-corrected chi connectivity index (χ3v) is 7.07. The fourth-order valence-electron chi connectivity index (χ4n) is 3.11. The molecule has 1 unspecified atom stereocenters. The number of allylic oxidation sites excluding steroid dienone is 5. The van der Waals surface area contributed by atoms with Crippen LogP contribution in [0.25, 0.3) is 0 Å². The van der Waals surface area contributed by atoms with Crippen molar-refractivity contribution >= 4 is 18.0 Å². The quantitative estimate of drug-likeness (QED) is 0.459. The molecule has 2 aromatic rings. The summed E-state index contributed by atoms with van der Waals surface area (Å²) >= 11 is 0. The molecular weight excluding hydrogens is 339 g/mol. The number of rotatable bonds is 6. The smallest absolute Gasteiger partial charge is 0.230 e. The lowest BCUT2D eigenvalue weighted by atomic mass is 10.0. The van der Waals surface area contributed by atoms with Crippen molar-refractivity contribution in [3.63, 3.8) is 0 Å². The lowest BCUT2D eigenvalue weighted by Gasteiger charge is -2.20. The van der Waals surface area contributed by atoms with Crippen molar-refractivity contribution < 1.29 is 9.36 Å². The van der Waals surface area contributed by atoms with Crippen molar-refractivity contribution in [3.05, 3.63) is 101 Å². The second-order valence-electron chi connectivity index (χ2n) is 6.40. The van der Waals surface area contributed by atoms with E-state index in [4.69, 9.17) is 0 Å². The lowest BCUT2D eigenvalue weighted by Crippen LogP contribution is -2.16. The molecule has 2 nitrogen and oxygen atoms in total. The molecule has 2 aromatic carbocycles. The first-order valence-corrected chi connectivity index (χ1v) is 10.3. The molecule has 134 valence electrons. The van der Waals surface area contributed by atoms with E-state index in [0.717, 1.165) is 16.7 Å². The van der Waals surface area contributed by atoms with Gasteiger partial charge in [0.05, 0.1) is 0 Å². The fourth-order valence-corrected chi connectivity index (χ4v) is 5.49. The fraction of sp³-hybridized carbons (Fsp3) is 0.174. The molecule has 26 heavy (non-hydrogen) atoms. The van der Waals surface area contributed by atoms with E-state index in [-0.39, 0.29) is 5.52 Å². The third kappa shape index (κ3) is 3.86. The molecule has 0 aliphatic heterocycles. The zero-order valence-corrected chi connectivity index (χ0v) is 16.7. The molecule has 2 rings (SSSR count). The van der Waals surface area contributed by atoms with E-state index in [1.807, 2.05) is 58.0 Å². The van der Waals surface area contributed by atoms with E-state index in [1.165, 1.54) is 0 Å². The van der Waals surface area contributed by atoms with Gasteiger partial charge in [0.25, 0.3) is 0 Å². The summed E-state index contributed by atoms with van der Waals surface area (Å²) in [6.07, 6.45) is 7.13. The van der Waals surface area contributed by atoms with Crippen LogP contribution in [0.2, 0.25) is 0 Å². The summed E-state index contributed by atoms with van der Waals surface area (Å²) in [5.41, 5.74) is 2.94. The molecule has 0 fully saturated rings. The van der Waals surface area contributed by atoms with Crippen LogP contribution >= 0.6 is 7.14 Å². The predicted octanol–water partition coefficient (Wildman–Crippen LogP) is 6.09. The second kappa shape index (κ2) is 8.29. The molecule has 0 aliphatic carbocycles. The van der Waals surface area contributed by atoms with E-state index in [0.29, 0.717) is 16.2 Å². The maximum Gasteiger partial charge on any atom is 0.230 e. The normalized spacial score (nSPS) is 13.8. The van der Waals surface area contributed by atoms with Crippen molar-refractivity contribution in [2.75, 3.05) is 0 Å². The van der Waals surface area contributed by atoms with E-state index >= 15 is 0 Å². The average Bonchev–Trinajstić information content (AvgIpc) is 2.60. The average molecular weight is 364 g/mol. The third-order valence-electron chi connectivity index (χ3n) is 4.29. The first-order valence-electron chi connectivity index (χ1n) is 8.59. The predicted molar refractivity (Wildman–Crippen MR) is 112 cm³/mol. The highest BCUT2D eigenvalue weighted by Crippen LogP contribution is 2.55. The van der Waals surface area contributed by atoms with Crippen molar-refractivity contribution in [1.29, 1.82) is 0 Å². The Hall–Kier alpha value is -2.44. The number of hydrogen-bond acceptors (Lipinski definition) is 2. The Balaban J connectivity index is 2.68. The van der Waals surface area contributed by atoms with Crippen LogP contribution in [0, 0.1) is 20.8 Å². The van der Waals surface area contributed by atoms with Gasteiger partial charge in [-0.05, 0) is 38.8 Å². The standard InChI is InChI=1S/C23H25O2P/c1-6-7-9-12-20(5)26(25,21-13-10-8-11-14-21)23(24)22-18(3)15-17(2)16-19(22)4/h6-16H,5H2,1-4H3/b7-6-,12-9-. The molecule has 3 heteroatoms. The molecule has 1 atom stereocenters. The van der Waals surface area contributed by atoms with Gasteiger partial charge in [-0.3, -0.25) is 4.79 Å². The SMILES string of the molecule is C=C(/C=C\C=C/C)P(=O)(C(=O)c1c(C)cc(C)cc1C)c1ccccc1. The highest BCUT2D eigenvalue weighted by molar-refractivity contribution is 7.91. The van der Waals surface area contributed by atoms with Gasteiger partial charge in [0.2, 0.25) is 12.7 Å². The van der Waals surface area contributed by atoms with Crippen LogP contribution in [0.3, 0.4) is 0 Å². The minimum absolute atomic E-state index is 0.339. The number of aryl methyl sites for hydroxylation is 3. The van der Waals surface area contributed by atoms with Crippen LogP contribution in [0.15, 0.2) is 78.7 Å². The highest BCUT2D eigenvalue weighted by atomic mass is 31.2. The Morgan fingerprint density at radius 3 is 2.12 bits per heavy atom. The maximum atomic E-state index is 14.1. The second-order valence-corrected chi connectivity index (χ2v) is 9.12. The van der Waals surface area contributed by atoms with Crippen LogP contribution in [-0.4, -0.2) is 5.52 Å². The van der Waals surface area contributed by atoms with Crippen LogP contribution in [0.5, 0.6) is 0 Å². The summed E-state index contributed by atoms with van der Waals surface area (Å²) in [6.45, 7) is 11.7.